The van der Waals surface area contributed by atoms with Crippen molar-refractivity contribution in [1.29, 1.82) is 0 Å². The van der Waals surface area contributed by atoms with Crippen molar-refractivity contribution in [2.24, 2.45) is 7.05 Å². The van der Waals surface area contributed by atoms with Crippen molar-refractivity contribution in [1.82, 2.24) is 19.3 Å². The number of imidazole rings is 1. The molecule has 0 fully saturated rings. The van der Waals surface area contributed by atoms with E-state index in [1.807, 2.05) is 20.2 Å². The lowest BCUT2D eigenvalue weighted by atomic mass is 10.2. The van der Waals surface area contributed by atoms with Gasteiger partial charge in [0.25, 0.3) is 0 Å². The maximum Gasteiger partial charge on any atom is 0.131 e. The lowest BCUT2D eigenvalue weighted by Gasteiger charge is -2.04. The number of nitrogens with two attached hydrogens (primary N) is 1. The highest BCUT2D eigenvalue weighted by Crippen LogP contribution is 2.28. The van der Waals surface area contributed by atoms with Crippen LogP contribution in [0.15, 0.2) is 6.20 Å². The molecule has 0 saturated carbocycles. The van der Waals surface area contributed by atoms with E-state index in [4.69, 9.17) is 5.73 Å². The zero-order valence-corrected chi connectivity index (χ0v) is 10.9. The summed E-state index contributed by atoms with van der Waals surface area (Å²) in [6.45, 7) is 7.00. The maximum absolute atomic E-state index is 6.16. The largest absolute Gasteiger partial charge is 0.383 e. The highest BCUT2D eigenvalue weighted by molar-refractivity contribution is 5.72. The van der Waals surface area contributed by atoms with Crippen LogP contribution in [0.1, 0.15) is 25.4 Å². The summed E-state index contributed by atoms with van der Waals surface area (Å²) in [5.41, 5.74) is 9.00. The molecule has 5 nitrogen and oxygen atoms in total. The molecule has 0 aromatic carbocycles. The second-order valence-corrected chi connectivity index (χ2v) is 4.16. The van der Waals surface area contributed by atoms with Crippen LogP contribution in [0.5, 0.6) is 0 Å². The number of nitrogens with zero attached hydrogens (tertiary/aromatic N) is 4. The summed E-state index contributed by atoms with van der Waals surface area (Å²) in [7, 11) is 1.91. The average Bonchev–Trinajstić information content (AvgIpc) is 2.78. The Bertz CT molecular complexity index is 535. The van der Waals surface area contributed by atoms with Crippen LogP contribution in [0.25, 0.3) is 11.3 Å². The van der Waals surface area contributed by atoms with Gasteiger partial charge in [-0.1, -0.05) is 6.92 Å². The van der Waals surface area contributed by atoms with Crippen LogP contribution in [-0.2, 0) is 20.0 Å². The predicted molar refractivity (Wildman–Crippen MR) is 68.6 cm³/mol. The van der Waals surface area contributed by atoms with Crippen molar-refractivity contribution in [3.8, 4) is 11.3 Å². The van der Waals surface area contributed by atoms with Gasteiger partial charge >= 0.3 is 0 Å². The smallest absolute Gasteiger partial charge is 0.131 e. The number of nitrogen functional groups attached to an aromatic ring is 1. The molecule has 2 N–H and O–H groups in total. The number of aryl methyl sites for hydroxylation is 3. The van der Waals surface area contributed by atoms with Crippen LogP contribution in [-0.4, -0.2) is 19.3 Å². The molecule has 0 atom stereocenters. The Kier molecular flexibility index (Phi) is 2.92. The van der Waals surface area contributed by atoms with E-state index in [2.05, 4.69) is 28.5 Å². The number of rotatable bonds is 3. The van der Waals surface area contributed by atoms with Gasteiger partial charge in [0.05, 0.1) is 5.69 Å². The van der Waals surface area contributed by atoms with Crippen molar-refractivity contribution >= 4 is 5.82 Å². The first-order valence-electron chi connectivity index (χ1n) is 5.93. The van der Waals surface area contributed by atoms with E-state index in [-0.39, 0.29) is 0 Å². The highest BCUT2D eigenvalue weighted by atomic mass is 15.3. The lowest BCUT2D eigenvalue weighted by Crippen LogP contribution is -2.04. The Morgan fingerprint density at radius 1 is 1.35 bits per heavy atom. The minimum Gasteiger partial charge on any atom is -0.383 e. The Labute approximate surface area is 101 Å². The summed E-state index contributed by atoms with van der Waals surface area (Å²) in [4.78, 5) is 4.63. The van der Waals surface area contributed by atoms with Gasteiger partial charge in [-0.25, -0.2) is 4.98 Å². The summed E-state index contributed by atoms with van der Waals surface area (Å²) in [5, 5.41) is 4.33. The first-order valence-corrected chi connectivity index (χ1v) is 5.93. The standard InChI is InChI=1S/C12H19N5/c1-5-10-14-11(12(13)17(10)6-2)9-7-16(4)15-8(9)3/h7H,5-6,13H2,1-4H3. The van der Waals surface area contributed by atoms with Gasteiger partial charge in [0.15, 0.2) is 0 Å². The fourth-order valence-corrected chi connectivity index (χ4v) is 2.17. The van der Waals surface area contributed by atoms with Crippen LogP contribution in [0, 0.1) is 6.92 Å². The number of hydrogen-bond donors (Lipinski definition) is 1. The first kappa shape index (κ1) is 11.7. The van der Waals surface area contributed by atoms with Gasteiger partial charge in [-0.15, -0.1) is 0 Å². The van der Waals surface area contributed by atoms with E-state index in [0.29, 0.717) is 0 Å². The molecule has 0 bridgehead atoms. The van der Waals surface area contributed by atoms with Crippen LogP contribution in [0.2, 0.25) is 0 Å². The summed E-state index contributed by atoms with van der Waals surface area (Å²) in [6.07, 6.45) is 2.85. The molecule has 2 heterocycles. The maximum atomic E-state index is 6.16. The molecular weight excluding hydrogens is 214 g/mol. The van der Waals surface area contributed by atoms with Gasteiger partial charge in [0, 0.05) is 31.8 Å². The van der Waals surface area contributed by atoms with E-state index in [9.17, 15) is 0 Å². The van der Waals surface area contributed by atoms with Gasteiger partial charge < -0.3 is 10.3 Å². The minimum atomic E-state index is 0.737. The van der Waals surface area contributed by atoms with Crippen LogP contribution in [0.4, 0.5) is 5.82 Å². The molecule has 92 valence electrons. The second kappa shape index (κ2) is 4.24. The molecule has 17 heavy (non-hydrogen) atoms. The molecule has 0 spiro atoms. The molecule has 2 aromatic rings. The van der Waals surface area contributed by atoms with E-state index in [0.717, 1.165) is 41.6 Å². The SMILES string of the molecule is CCc1nc(-c2cn(C)nc2C)c(N)n1CC. The molecule has 0 aliphatic carbocycles. The summed E-state index contributed by atoms with van der Waals surface area (Å²) in [5.74, 6) is 1.77. The molecule has 0 amide bonds. The van der Waals surface area contributed by atoms with Gasteiger partial charge in [-0.3, -0.25) is 4.68 Å². The lowest BCUT2D eigenvalue weighted by molar-refractivity contribution is 0.713. The second-order valence-electron chi connectivity index (χ2n) is 4.16. The van der Waals surface area contributed by atoms with Crippen molar-refractivity contribution in [3.05, 3.63) is 17.7 Å². The monoisotopic (exact) mass is 233 g/mol. The summed E-state index contributed by atoms with van der Waals surface area (Å²) in [6, 6.07) is 0. The van der Waals surface area contributed by atoms with E-state index < -0.39 is 0 Å². The third kappa shape index (κ3) is 1.81. The van der Waals surface area contributed by atoms with Crippen LogP contribution >= 0.6 is 0 Å². The van der Waals surface area contributed by atoms with Crippen molar-refractivity contribution in [3.63, 3.8) is 0 Å². The fraction of sp³-hybridized carbons (Fsp3) is 0.500. The third-order valence-electron chi connectivity index (χ3n) is 2.99. The van der Waals surface area contributed by atoms with E-state index in [1.165, 1.54) is 0 Å². The average molecular weight is 233 g/mol. The van der Waals surface area contributed by atoms with Gasteiger partial charge in [-0.2, -0.15) is 5.10 Å². The highest BCUT2D eigenvalue weighted by Gasteiger charge is 2.17. The van der Waals surface area contributed by atoms with Crippen molar-refractivity contribution in [2.75, 3.05) is 5.73 Å². The summed E-state index contributed by atoms with van der Waals surface area (Å²) < 4.78 is 3.85. The molecule has 2 rings (SSSR count). The first-order chi connectivity index (χ1) is 8.08. The normalized spacial score (nSPS) is 11.1. The minimum absolute atomic E-state index is 0.737. The molecule has 2 aromatic heterocycles. The summed E-state index contributed by atoms with van der Waals surface area (Å²) >= 11 is 0. The molecule has 0 aliphatic heterocycles. The van der Waals surface area contributed by atoms with Crippen LogP contribution < -0.4 is 5.73 Å². The van der Waals surface area contributed by atoms with Gasteiger partial charge in [0.1, 0.15) is 17.3 Å². The molecular formula is C12H19N5. The fourth-order valence-electron chi connectivity index (χ4n) is 2.17. The number of anilines is 1. The predicted octanol–water partition coefficient (Wildman–Crippen LogP) is 1.76. The quantitative estimate of drug-likeness (QED) is 0.878. The number of hydrogen-bond acceptors (Lipinski definition) is 3. The zero-order chi connectivity index (χ0) is 12.6. The Morgan fingerprint density at radius 2 is 2.06 bits per heavy atom. The van der Waals surface area contributed by atoms with Gasteiger partial charge in [-0.05, 0) is 13.8 Å². The molecule has 5 heteroatoms. The Balaban J connectivity index is 2.60. The number of aromatic nitrogens is 4. The van der Waals surface area contributed by atoms with E-state index >= 15 is 0 Å². The molecule has 0 radical (unpaired) electrons. The zero-order valence-electron chi connectivity index (χ0n) is 10.9. The third-order valence-corrected chi connectivity index (χ3v) is 2.99. The molecule has 0 saturated heterocycles. The Hall–Kier alpha value is -1.78. The van der Waals surface area contributed by atoms with Gasteiger partial charge in [0.2, 0.25) is 0 Å². The van der Waals surface area contributed by atoms with Crippen LogP contribution in [0.3, 0.4) is 0 Å². The van der Waals surface area contributed by atoms with Crippen molar-refractivity contribution < 1.29 is 0 Å². The van der Waals surface area contributed by atoms with E-state index in [1.54, 1.807) is 4.68 Å². The topological polar surface area (TPSA) is 61.7 Å². The van der Waals surface area contributed by atoms with Crippen molar-refractivity contribution in [2.45, 2.75) is 33.7 Å². The Morgan fingerprint density at radius 3 is 2.47 bits per heavy atom. The molecule has 0 unspecified atom stereocenters. The molecule has 0 aliphatic rings.